The predicted octanol–water partition coefficient (Wildman–Crippen LogP) is 5.38. The Labute approximate surface area is 187 Å². The van der Waals surface area contributed by atoms with Crippen molar-refractivity contribution in [1.82, 2.24) is 0 Å². The van der Waals surface area contributed by atoms with E-state index in [9.17, 15) is 9.59 Å². The van der Waals surface area contributed by atoms with Gasteiger partial charge in [-0.15, -0.1) is 0 Å². The number of epoxide rings is 1. The molecule has 0 amide bonds. The molecule has 0 unspecified atom stereocenters. The third-order valence-electron chi connectivity index (χ3n) is 9.24. The maximum absolute atomic E-state index is 12.7. The SMILES string of the molecule is C/C=C(\C)C(=O)O[C@@H]1C[C@@H](C)[C@@](C)(CC/C(C)=C/C(=O)OC)[C@@H]2CC[C@H]3O[C@@]3(C)[C@]12C. The van der Waals surface area contributed by atoms with Crippen LogP contribution in [0.25, 0.3) is 0 Å². The Balaban J connectivity index is 1.90. The van der Waals surface area contributed by atoms with E-state index < -0.39 is 0 Å². The fourth-order valence-electron chi connectivity index (χ4n) is 6.50. The van der Waals surface area contributed by atoms with Crippen LogP contribution in [0.5, 0.6) is 0 Å². The highest BCUT2D eigenvalue weighted by Crippen LogP contribution is 2.70. The van der Waals surface area contributed by atoms with Crippen molar-refractivity contribution in [3.8, 4) is 0 Å². The maximum atomic E-state index is 12.7. The largest absolute Gasteiger partial charge is 0.466 e. The zero-order valence-electron chi connectivity index (χ0n) is 20.5. The highest BCUT2D eigenvalue weighted by Gasteiger charge is 2.75. The van der Waals surface area contributed by atoms with Crippen molar-refractivity contribution >= 4 is 11.9 Å². The van der Waals surface area contributed by atoms with E-state index in [1.807, 2.05) is 26.8 Å². The Morgan fingerprint density at radius 3 is 2.45 bits per heavy atom. The molecule has 1 aliphatic heterocycles. The highest BCUT2D eigenvalue weighted by molar-refractivity contribution is 5.87. The summed E-state index contributed by atoms with van der Waals surface area (Å²) in [6.45, 7) is 14.9. The van der Waals surface area contributed by atoms with Gasteiger partial charge in [0, 0.05) is 17.1 Å². The predicted molar refractivity (Wildman–Crippen MR) is 120 cm³/mol. The topological polar surface area (TPSA) is 65.1 Å². The Hall–Kier alpha value is -1.62. The fraction of sp³-hybridized carbons (Fsp3) is 0.769. The summed E-state index contributed by atoms with van der Waals surface area (Å²) in [5, 5.41) is 0. The van der Waals surface area contributed by atoms with E-state index in [0.29, 0.717) is 17.4 Å². The first-order valence-corrected chi connectivity index (χ1v) is 11.7. The van der Waals surface area contributed by atoms with Crippen LogP contribution in [-0.4, -0.2) is 36.9 Å². The molecule has 0 spiro atoms. The molecule has 2 aliphatic carbocycles. The van der Waals surface area contributed by atoms with Crippen LogP contribution in [0.3, 0.4) is 0 Å². The second-order valence-electron chi connectivity index (χ2n) is 10.6. The molecule has 2 saturated carbocycles. The summed E-state index contributed by atoms with van der Waals surface area (Å²) in [6.07, 6.45) is 8.32. The zero-order chi connectivity index (χ0) is 23.2. The average molecular weight is 433 g/mol. The molecule has 3 aliphatic rings. The van der Waals surface area contributed by atoms with Crippen LogP contribution < -0.4 is 0 Å². The molecule has 7 atom stereocenters. The van der Waals surface area contributed by atoms with Gasteiger partial charge in [-0.05, 0) is 77.0 Å². The number of fused-ring (bicyclic) bond motifs is 3. The molecule has 174 valence electrons. The molecule has 3 fully saturated rings. The Bertz CT molecular complexity index is 798. The second kappa shape index (κ2) is 8.38. The lowest BCUT2D eigenvalue weighted by Crippen LogP contribution is -2.63. The van der Waals surface area contributed by atoms with E-state index >= 15 is 0 Å². The molecular weight excluding hydrogens is 392 g/mol. The van der Waals surface area contributed by atoms with Crippen LogP contribution in [0.4, 0.5) is 0 Å². The first-order valence-electron chi connectivity index (χ1n) is 11.7. The van der Waals surface area contributed by atoms with E-state index in [1.54, 1.807) is 6.08 Å². The molecule has 31 heavy (non-hydrogen) atoms. The van der Waals surface area contributed by atoms with Crippen LogP contribution in [0.2, 0.25) is 0 Å². The Kier molecular flexibility index (Phi) is 6.50. The number of hydrogen-bond donors (Lipinski definition) is 0. The lowest BCUT2D eigenvalue weighted by Gasteiger charge is -2.61. The number of carbonyl (C=O) groups excluding carboxylic acids is 2. The lowest BCUT2D eigenvalue weighted by atomic mass is 9.43. The fourth-order valence-corrected chi connectivity index (χ4v) is 6.50. The Morgan fingerprint density at radius 2 is 1.84 bits per heavy atom. The van der Waals surface area contributed by atoms with Crippen LogP contribution >= 0.6 is 0 Å². The summed E-state index contributed by atoms with van der Waals surface area (Å²) in [5.41, 5.74) is 1.28. The van der Waals surface area contributed by atoms with Gasteiger partial charge in [-0.25, -0.2) is 9.59 Å². The van der Waals surface area contributed by atoms with E-state index in [4.69, 9.17) is 14.2 Å². The Morgan fingerprint density at radius 1 is 1.16 bits per heavy atom. The molecule has 0 aromatic carbocycles. The number of rotatable bonds is 6. The van der Waals surface area contributed by atoms with Gasteiger partial charge >= 0.3 is 11.9 Å². The van der Waals surface area contributed by atoms with Crippen molar-refractivity contribution in [2.24, 2.45) is 22.7 Å². The standard InChI is InChI=1S/C26H40O5/c1-9-17(3)23(28)30-21-15-18(4)24(5,13-12-16(2)14-22(27)29-8)19-10-11-20-26(7,31-20)25(19,21)6/h9,14,18-21H,10-13,15H2,1-8H3/b16-14+,17-9+/t18-,19+,20-,21-,24-,25+,26-/m1/s1. The van der Waals surface area contributed by atoms with Gasteiger partial charge in [-0.1, -0.05) is 32.4 Å². The van der Waals surface area contributed by atoms with E-state index in [0.717, 1.165) is 37.7 Å². The molecule has 0 aromatic heterocycles. The molecule has 0 radical (unpaired) electrons. The molecule has 5 heteroatoms. The lowest BCUT2D eigenvalue weighted by molar-refractivity contribution is -0.196. The van der Waals surface area contributed by atoms with Gasteiger partial charge in [-0.2, -0.15) is 0 Å². The van der Waals surface area contributed by atoms with Crippen molar-refractivity contribution in [3.63, 3.8) is 0 Å². The first kappa shape index (κ1) is 24.0. The molecule has 3 rings (SSSR count). The van der Waals surface area contributed by atoms with Crippen molar-refractivity contribution < 1.29 is 23.8 Å². The van der Waals surface area contributed by atoms with Gasteiger partial charge in [0.15, 0.2) is 0 Å². The molecule has 1 heterocycles. The van der Waals surface area contributed by atoms with Gasteiger partial charge < -0.3 is 14.2 Å². The molecule has 0 N–H and O–H groups in total. The van der Waals surface area contributed by atoms with Crippen molar-refractivity contribution in [2.45, 2.75) is 98.4 Å². The second-order valence-corrected chi connectivity index (χ2v) is 10.6. The third kappa shape index (κ3) is 3.88. The van der Waals surface area contributed by atoms with Crippen molar-refractivity contribution in [3.05, 3.63) is 23.3 Å². The van der Waals surface area contributed by atoms with Gasteiger partial charge in [0.2, 0.25) is 0 Å². The molecule has 0 bridgehead atoms. The van der Waals surface area contributed by atoms with E-state index in [1.165, 1.54) is 7.11 Å². The molecular formula is C26H40O5. The minimum atomic E-state index is -0.296. The van der Waals surface area contributed by atoms with Crippen LogP contribution in [0.15, 0.2) is 23.3 Å². The number of allylic oxidation sites excluding steroid dienone is 2. The van der Waals surface area contributed by atoms with Gasteiger partial charge in [0.25, 0.3) is 0 Å². The van der Waals surface area contributed by atoms with Gasteiger partial charge in [0.1, 0.15) is 11.7 Å². The van der Waals surface area contributed by atoms with Gasteiger partial charge in [-0.3, -0.25) is 0 Å². The summed E-state index contributed by atoms with van der Waals surface area (Å²) in [7, 11) is 1.41. The first-order chi connectivity index (χ1) is 14.4. The smallest absolute Gasteiger partial charge is 0.333 e. The molecule has 0 aromatic rings. The molecule has 1 saturated heterocycles. The quantitative estimate of drug-likeness (QED) is 0.320. The monoisotopic (exact) mass is 432 g/mol. The average Bonchev–Trinajstić information content (AvgIpc) is 3.42. The summed E-state index contributed by atoms with van der Waals surface area (Å²) >= 11 is 0. The number of esters is 2. The minimum Gasteiger partial charge on any atom is -0.466 e. The maximum Gasteiger partial charge on any atom is 0.333 e. The normalized spacial score (nSPS) is 42.3. The minimum absolute atomic E-state index is 0.0679. The van der Waals surface area contributed by atoms with E-state index in [-0.39, 0.29) is 40.6 Å². The summed E-state index contributed by atoms with van der Waals surface area (Å²) in [6, 6.07) is 0. The van der Waals surface area contributed by atoms with Crippen LogP contribution in [0, 0.1) is 22.7 Å². The van der Waals surface area contributed by atoms with Gasteiger partial charge in [0.05, 0.1) is 13.2 Å². The van der Waals surface area contributed by atoms with Crippen molar-refractivity contribution in [1.29, 1.82) is 0 Å². The number of carbonyl (C=O) groups is 2. The summed E-state index contributed by atoms with van der Waals surface area (Å²) < 4.78 is 17.2. The molecule has 5 nitrogen and oxygen atoms in total. The van der Waals surface area contributed by atoms with Crippen LogP contribution in [-0.2, 0) is 23.8 Å². The summed E-state index contributed by atoms with van der Waals surface area (Å²) in [5.74, 6) is 0.252. The van der Waals surface area contributed by atoms with Crippen LogP contribution in [0.1, 0.15) is 80.6 Å². The zero-order valence-corrected chi connectivity index (χ0v) is 20.5. The third-order valence-corrected chi connectivity index (χ3v) is 9.24. The number of ether oxygens (including phenoxy) is 3. The van der Waals surface area contributed by atoms with Crippen molar-refractivity contribution in [2.75, 3.05) is 7.11 Å². The summed E-state index contributed by atoms with van der Waals surface area (Å²) in [4.78, 5) is 24.4. The highest BCUT2D eigenvalue weighted by atomic mass is 16.6. The number of methoxy groups -OCH3 is 1. The van der Waals surface area contributed by atoms with E-state index in [2.05, 4.69) is 27.7 Å². The number of hydrogen-bond acceptors (Lipinski definition) is 5.